The van der Waals surface area contributed by atoms with Crippen LogP contribution in [0.3, 0.4) is 0 Å². The van der Waals surface area contributed by atoms with Crippen molar-refractivity contribution < 1.29 is 9.53 Å². The first-order chi connectivity index (χ1) is 7.44. The molecule has 0 aliphatic heterocycles. The van der Waals surface area contributed by atoms with Crippen LogP contribution in [-0.4, -0.2) is 23.6 Å². The van der Waals surface area contributed by atoms with Crippen LogP contribution in [0, 0.1) is 3.57 Å². The number of hydrogen-bond donors (Lipinski definition) is 1. The normalized spacial score (nSPS) is 11.2. The maximum absolute atomic E-state index is 11.7. The van der Waals surface area contributed by atoms with Crippen LogP contribution >= 0.6 is 22.6 Å². The average Bonchev–Trinajstić information content (AvgIpc) is 2.21. The molecule has 4 nitrogen and oxygen atoms in total. The van der Waals surface area contributed by atoms with E-state index in [-0.39, 0.29) is 5.91 Å². The van der Waals surface area contributed by atoms with Gasteiger partial charge in [0.2, 0.25) is 5.91 Å². The zero-order valence-corrected chi connectivity index (χ0v) is 11.7. The molecule has 0 aliphatic carbocycles. The molecule has 0 saturated carbocycles. The predicted molar refractivity (Wildman–Crippen MR) is 71.3 cm³/mol. The number of pyridine rings is 1. The van der Waals surface area contributed by atoms with Gasteiger partial charge in [-0.15, -0.1) is 0 Å². The highest BCUT2D eigenvalue weighted by molar-refractivity contribution is 14.1. The number of halogens is 1. The SMILES string of the molecule is COC(C)(C)CC(=O)Nc1ccncc1I. The molecule has 0 atom stereocenters. The van der Waals surface area contributed by atoms with E-state index in [9.17, 15) is 4.79 Å². The highest BCUT2D eigenvalue weighted by atomic mass is 127. The fraction of sp³-hybridized carbons (Fsp3) is 0.455. The van der Waals surface area contributed by atoms with Gasteiger partial charge in [-0.1, -0.05) is 0 Å². The van der Waals surface area contributed by atoms with Gasteiger partial charge in [-0.3, -0.25) is 9.78 Å². The second kappa shape index (κ2) is 5.58. The molecule has 1 amide bonds. The lowest BCUT2D eigenvalue weighted by Crippen LogP contribution is -2.29. The second-order valence-electron chi connectivity index (χ2n) is 4.04. The molecular formula is C11H15IN2O2. The lowest BCUT2D eigenvalue weighted by Gasteiger charge is -2.22. The summed E-state index contributed by atoms with van der Waals surface area (Å²) in [6, 6.07) is 1.78. The summed E-state index contributed by atoms with van der Waals surface area (Å²) in [5, 5.41) is 2.83. The minimum absolute atomic E-state index is 0.0593. The van der Waals surface area contributed by atoms with Gasteiger partial charge in [0.05, 0.1) is 21.3 Å². The minimum Gasteiger partial charge on any atom is -0.378 e. The Bertz CT molecular complexity index is 380. The third-order valence-electron chi connectivity index (χ3n) is 2.19. The molecule has 0 bridgehead atoms. The third kappa shape index (κ3) is 4.05. The number of carbonyl (C=O) groups excluding carboxylic acids is 1. The predicted octanol–water partition coefficient (Wildman–Crippen LogP) is 2.44. The van der Waals surface area contributed by atoms with Crippen molar-refractivity contribution in [3.05, 3.63) is 22.0 Å². The molecule has 0 radical (unpaired) electrons. The van der Waals surface area contributed by atoms with Crippen LogP contribution in [0.4, 0.5) is 5.69 Å². The summed E-state index contributed by atoms with van der Waals surface area (Å²) in [6.45, 7) is 3.76. The Morgan fingerprint density at radius 2 is 2.31 bits per heavy atom. The molecule has 5 heteroatoms. The van der Waals surface area contributed by atoms with Crippen molar-refractivity contribution in [1.29, 1.82) is 0 Å². The monoisotopic (exact) mass is 334 g/mol. The molecule has 0 saturated heterocycles. The van der Waals surface area contributed by atoms with Crippen molar-refractivity contribution in [3.63, 3.8) is 0 Å². The third-order valence-corrected chi connectivity index (χ3v) is 3.05. The molecule has 88 valence electrons. The Morgan fingerprint density at radius 1 is 1.62 bits per heavy atom. The topological polar surface area (TPSA) is 51.2 Å². The number of nitrogens with one attached hydrogen (secondary N) is 1. The van der Waals surface area contributed by atoms with Crippen LogP contribution in [0.25, 0.3) is 0 Å². The quantitative estimate of drug-likeness (QED) is 0.861. The van der Waals surface area contributed by atoms with Crippen LogP contribution in [0.15, 0.2) is 18.5 Å². The molecule has 16 heavy (non-hydrogen) atoms. The highest BCUT2D eigenvalue weighted by Gasteiger charge is 2.21. The zero-order chi connectivity index (χ0) is 12.2. The average molecular weight is 334 g/mol. The van der Waals surface area contributed by atoms with E-state index in [1.54, 1.807) is 25.6 Å². The summed E-state index contributed by atoms with van der Waals surface area (Å²) in [6.07, 6.45) is 3.68. The number of ether oxygens (including phenoxy) is 1. The number of aromatic nitrogens is 1. The van der Waals surface area contributed by atoms with Gasteiger partial charge in [0.1, 0.15) is 0 Å². The Hall–Kier alpha value is -0.690. The van der Waals surface area contributed by atoms with Gasteiger partial charge in [0, 0.05) is 19.5 Å². The number of carbonyl (C=O) groups is 1. The van der Waals surface area contributed by atoms with E-state index < -0.39 is 5.60 Å². The van der Waals surface area contributed by atoms with Gasteiger partial charge in [-0.05, 0) is 42.5 Å². The largest absolute Gasteiger partial charge is 0.378 e. The molecule has 0 aromatic carbocycles. The fourth-order valence-corrected chi connectivity index (χ4v) is 1.61. The highest BCUT2D eigenvalue weighted by Crippen LogP contribution is 2.18. The van der Waals surface area contributed by atoms with Crippen LogP contribution in [-0.2, 0) is 9.53 Å². The summed E-state index contributed by atoms with van der Waals surface area (Å²) in [7, 11) is 1.60. The van der Waals surface area contributed by atoms with Gasteiger partial charge >= 0.3 is 0 Å². The number of anilines is 1. The van der Waals surface area contributed by atoms with Gasteiger partial charge in [-0.2, -0.15) is 0 Å². The minimum atomic E-state index is -0.442. The van der Waals surface area contributed by atoms with Gasteiger partial charge in [0.15, 0.2) is 0 Å². The molecule has 1 rings (SSSR count). The van der Waals surface area contributed by atoms with E-state index in [0.717, 1.165) is 9.26 Å². The van der Waals surface area contributed by atoms with E-state index in [2.05, 4.69) is 32.9 Å². The number of methoxy groups -OCH3 is 1. The summed E-state index contributed by atoms with van der Waals surface area (Å²) in [5.74, 6) is -0.0593. The molecule has 0 aliphatic rings. The first kappa shape index (κ1) is 13.4. The van der Waals surface area contributed by atoms with Gasteiger partial charge in [0.25, 0.3) is 0 Å². The first-order valence-electron chi connectivity index (χ1n) is 4.89. The molecule has 0 unspecified atom stereocenters. The van der Waals surface area contributed by atoms with Crippen LogP contribution < -0.4 is 5.32 Å². The van der Waals surface area contributed by atoms with E-state index >= 15 is 0 Å². The summed E-state index contributed by atoms with van der Waals surface area (Å²) < 4.78 is 6.12. The van der Waals surface area contributed by atoms with Crippen molar-refractivity contribution >= 4 is 34.2 Å². The standard InChI is InChI=1S/C11H15IN2O2/c1-11(2,16-3)6-10(15)14-9-4-5-13-7-8(9)12/h4-5,7H,6H2,1-3H3,(H,13,14,15). The van der Waals surface area contributed by atoms with E-state index in [1.807, 2.05) is 13.8 Å². The number of amides is 1. The molecular weight excluding hydrogens is 319 g/mol. The summed E-state index contributed by atoms with van der Waals surface area (Å²) >= 11 is 2.13. The molecule has 0 spiro atoms. The zero-order valence-electron chi connectivity index (χ0n) is 9.58. The Labute approximate surface area is 109 Å². The number of nitrogens with zero attached hydrogens (tertiary/aromatic N) is 1. The Balaban J connectivity index is 2.62. The lowest BCUT2D eigenvalue weighted by molar-refractivity contribution is -0.121. The smallest absolute Gasteiger partial charge is 0.227 e. The van der Waals surface area contributed by atoms with Crippen molar-refractivity contribution in [1.82, 2.24) is 4.98 Å². The number of hydrogen-bond acceptors (Lipinski definition) is 3. The molecule has 1 heterocycles. The van der Waals surface area contributed by atoms with E-state index in [4.69, 9.17) is 4.74 Å². The number of rotatable bonds is 4. The van der Waals surface area contributed by atoms with Crippen molar-refractivity contribution in [2.45, 2.75) is 25.9 Å². The van der Waals surface area contributed by atoms with Crippen LogP contribution in [0.5, 0.6) is 0 Å². The summed E-state index contributed by atoms with van der Waals surface area (Å²) in [5.41, 5.74) is 0.343. The van der Waals surface area contributed by atoms with Crippen molar-refractivity contribution in [2.75, 3.05) is 12.4 Å². The van der Waals surface area contributed by atoms with E-state index in [0.29, 0.717) is 6.42 Å². The molecule has 1 N–H and O–H groups in total. The van der Waals surface area contributed by atoms with Gasteiger partial charge in [-0.25, -0.2) is 0 Å². The van der Waals surface area contributed by atoms with Crippen molar-refractivity contribution in [3.8, 4) is 0 Å². The van der Waals surface area contributed by atoms with Crippen LogP contribution in [0.1, 0.15) is 20.3 Å². The molecule has 1 aromatic rings. The van der Waals surface area contributed by atoms with E-state index in [1.165, 1.54) is 0 Å². The summed E-state index contributed by atoms with van der Waals surface area (Å²) in [4.78, 5) is 15.7. The molecule has 0 fully saturated rings. The lowest BCUT2D eigenvalue weighted by atomic mass is 10.0. The van der Waals surface area contributed by atoms with Gasteiger partial charge < -0.3 is 10.1 Å². The first-order valence-corrected chi connectivity index (χ1v) is 5.97. The fourth-order valence-electron chi connectivity index (χ4n) is 1.13. The Morgan fingerprint density at radius 3 is 2.88 bits per heavy atom. The maximum atomic E-state index is 11.7. The van der Waals surface area contributed by atoms with Crippen LogP contribution in [0.2, 0.25) is 0 Å². The second-order valence-corrected chi connectivity index (χ2v) is 5.21. The van der Waals surface area contributed by atoms with Crippen molar-refractivity contribution in [2.24, 2.45) is 0 Å². The molecule has 1 aromatic heterocycles. The maximum Gasteiger partial charge on any atom is 0.227 e. The Kier molecular flexibility index (Phi) is 4.67.